The van der Waals surface area contributed by atoms with E-state index in [1.165, 1.54) is 21.3 Å². The fourth-order valence-electron chi connectivity index (χ4n) is 3.89. The van der Waals surface area contributed by atoms with Crippen molar-refractivity contribution in [3.8, 4) is 0 Å². The molecule has 4 rings (SSSR count). The van der Waals surface area contributed by atoms with Gasteiger partial charge >= 0.3 is 0 Å². The Bertz CT molecular complexity index is 930. The lowest BCUT2D eigenvalue weighted by molar-refractivity contribution is 0.0617. The van der Waals surface area contributed by atoms with Gasteiger partial charge in [-0.25, -0.2) is 0 Å². The molecular formula is C22H27N3OS. The first kappa shape index (κ1) is 18.3. The van der Waals surface area contributed by atoms with Gasteiger partial charge in [0.15, 0.2) is 0 Å². The van der Waals surface area contributed by atoms with Crippen LogP contribution in [0.4, 0.5) is 0 Å². The Kier molecular flexibility index (Phi) is 5.06. The van der Waals surface area contributed by atoms with Crippen LogP contribution in [0.2, 0.25) is 0 Å². The van der Waals surface area contributed by atoms with Gasteiger partial charge in [-0.2, -0.15) is 0 Å². The highest BCUT2D eigenvalue weighted by molar-refractivity contribution is 7.17. The standard InChI is InChI=1S/C22H27N3OS/c1-16(2)25-19-8-13-27-21(19)14-20(25)22(26)24-11-9-23(10-12-24)15-18-6-4-17(3)5-7-18/h4-8,13-14,16H,9-12,15H2,1-3H3. The van der Waals surface area contributed by atoms with E-state index in [1.807, 2.05) is 4.90 Å². The molecule has 1 aliphatic heterocycles. The summed E-state index contributed by atoms with van der Waals surface area (Å²) in [5.74, 6) is 0.169. The molecule has 0 atom stereocenters. The van der Waals surface area contributed by atoms with Crippen molar-refractivity contribution in [3.63, 3.8) is 0 Å². The minimum Gasteiger partial charge on any atom is -0.335 e. The Morgan fingerprint density at radius 2 is 1.78 bits per heavy atom. The molecule has 0 saturated carbocycles. The number of hydrogen-bond acceptors (Lipinski definition) is 3. The molecule has 3 aromatic rings. The molecule has 1 fully saturated rings. The molecule has 1 aromatic carbocycles. The Labute approximate surface area is 165 Å². The number of benzene rings is 1. The zero-order valence-electron chi connectivity index (χ0n) is 16.3. The molecule has 0 N–H and O–H groups in total. The summed E-state index contributed by atoms with van der Waals surface area (Å²) in [6, 6.07) is 13.2. The molecule has 3 heterocycles. The van der Waals surface area contributed by atoms with E-state index in [2.05, 4.69) is 72.0 Å². The summed E-state index contributed by atoms with van der Waals surface area (Å²) in [6.45, 7) is 10.8. The van der Waals surface area contributed by atoms with Gasteiger partial charge in [0.25, 0.3) is 5.91 Å². The highest BCUT2D eigenvalue weighted by atomic mass is 32.1. The molecule has 1 amide bonds. The van der Waals surface area contributed by atoms with Gasteiger partial charge in [-0.15, -0.1) is 11.3 Å². The Balaban J connectivity index is 1.44. The Morgan fingerprint density at radius 1 is 1.07 bits per heavy atom. The lowest BCUT2D eigenvalue weighted by atomic mass is 10.1. The second kappa shape index (κ2) is 7.49. The highest BCUT2D eigenvalue weighted by Gasteiger charge is 2.26. The van der Waals surface area contributed by atoms with Crippen LogP contribution in [0.5, 0.6) is 0 Å². The summed E-state index contributed by atoms with van der Waals surface area (Å²) in [6.07, 6.45) is 0. The van der Waals surface area contributed by atoms with Gasteiger partial charge in [0.05, 0.1) is 10.2 Å². The van der Waals surface area contributed by atoms with Crippen molar-refractivity contribution in [1.29, 1.82) is 0 Å². The lowest BCUT2D eigenvalue weighted by Crippen LogP contribution is -2.48. The maximum absolute atomic E-state index is 13.2. The normalized spacial score (nSPS) is 15.8. The van der Waals surface area contributed by atoms with E-state index in [0.717, 1.165) is 38.4 Å². The molecule has 1 aliphatic rings. The number of aromatic nitrogens is 1. The number of fused-ring (bicyclic) bond motifs is 1. The number of carbonyl (C=O) groups is 1. The zero-order chi connectivity index (χ0) is 19.0. The molecule has 4 nitrogen and oxygen atoms in total. The van der Waals surface area contributed by atoms with Gasteiger partial charge in [-0.1, -0.05) is 29.8 Å². The van der Waals surface area contributed by atoms with Gasteiger partial charge in [0, 0.05) is 38.8 Å². The largest absolute Gasteiger partial charge is 0.335 e. The van der Waals surface area contributed by atoms with Gasteiger partial charge in [0.1, 0.15) is 5.69 Å². The predicted molar refractivity (Wildman–Crippen MR) is 113 cm³/mol. The fourth-order valence-corrected chi connectivity index (χ4v) is 4.70. The average Bonchev–Trinajstić information content (AvgIpc) is 3.24. The lowest BCUT2D eigenvalue weighted by Gasteiger charge is -2.35. The minimum atomic E-state index is 0.169. The molecule has 0 spiro atoms. The molecule has 2 aromatic heterocycles. The summed E-state index contributed by atoms with van der Waals surface area (Å²) in [5, 5.41) is 2.10. The molecule has 27 heavy (non-hydrogen) atoms. The van der Waals surface area contributed by atoms with Crippen molar-refractivity contribution >= 4 is 27.5 Å². The second-order valence-corrected chi connectivity index (χ2v) is 8.67. The predicted octanol–water partition coefficient (Wildman–Crippen LogP) is 4.55. The quantitative estimate of drug-likeness (QED) is 0.663. The first-order valence-electron chi connectivity index (χ1n) is 9.68. The molecule has 5 heteroatoms. The number of thiophene rings is 1. The summed E-state index contributed by atoms with van der Waals surface area (Å²) in [7, 11) is 0. The number of amides is 1. The topological polar surface area (TPSA) is 28.5 Å². The average molecular weight is 382 g/mol. The van der Waals surface area contributed by atoms with Crippen LogP contribution in [0.3, 0.4) is 0 Å². The van der Waals surface area contributed by atoms with Crippen LogP contribution >= 0.6 is 11.3 Å². The Hall–Kier alpha value is -2.11. The maximum atomic E-state index is 13.2. The zero-order valence-corrected chi connectivity index (χ0v) is 17.1. The number of nitrogens with zero attached hydrogens (tertiary/aromatic N) is 3. The van der Waals surface area contributed by atoms with E-state index in [4.69, 9.17) is 0 Å². The van der Waals surface area contributed by atoms with Crippen LogP contribution in [-0.2, 0) is 6.54 Å². The third-order valence-corrected chi connectivity index (χ3v) is 6.24. The SMILES string of the molecule is Cc1ccc(CN2CCN(C(=O)c3cc4sccc4n3C(C)C)CC2)cc1. The van der Waals surface area contributed by atoms with E-state index in [-0.39, 0.29) is 11.9 Å². The number of piperazine rings is 1. The molecule has 0 aliphatic carbocycles. The molecule has 142 valence electrons. The van der Waals surface area contributed by atoms with E-state index >= 15 is 0 Å². The van der Waals surface area contributed by atoms with Crippen LogP contribution in [0.1, 0.15) is 41.5 Å². The number of carbonyl (C=O) groups excluding carboxylic acids is 1. The smallest absolute Gasteiger partial charge is 0.270 e. The van der Waals surface area contributed by atoms with Crippen LogP contribution in [-0.4, -0.2) is 46.5 Å². The van der Waals surface area contributed by atoms with Gasteiger partial charge in [-0.05, 0) is 43.8 Å². The molecule has 0 unspecified atom stereocenters. The number of rotatable bonds is 4. The van der Waals surface area contributed by atoms with E-state index in [9.17, 15) is 4.79 Å². The van der Waals surface area contributed by atoms with Crippen molar-refractivity contribution in [2.75, 3.05) is 26.2 Å². The van der Waals surface area contributed by atoms with Gasteiger partial charge in [-0.3, -0.25) is 9.69 Å². The molecule has 1 saturated heterocycles. The van der Waals surface area contributed by atoms with Crippen molar-refractivity contribution in [1.82, 2.24) is 14.4 Å². The molecule has 0 bridgehead atoms. The number of hydrogen-bond donors (Lipinski definition) is 0. The van der Waals surface area contributed by atoms with Crippen LogP contribution in [0, 0.1) is 6.92 Å². The highest BCUT2D eigenvalue weighted by Crippen LogP contribution is 2.29. The van der Waals surface area contributed by atoms with Crippen molar-refractivity contribution in [2.24, 2.45) is 0 Å². The third kappa shape index (κ3) is 3.66. The van der Waals surface area contributed by atoms with E-state index < -0.39 is 0 Å². The molecular weight excluding hydrogens is 354 g/mol. The number of aryl methyl sites for hydroxylation is 1. The monoisotopic (exact) mass is 381 g/mol. The summed E-state index contributed by atoms with van der Waals surface area (Å²) < 4.78 is 3.39. The van der Waals surface area contributed by atoms with Crippen LogP contribution in [0.15, 0.2) is 41.8 Å². The van der Waals surface area contributed by atoms with E-state index in [0.29, 0.717) is 0 Å². The molecule has 0 radical (unpaired) electrons. The first-order chi connectivity index (χ1) is 13.0. The first-order valence-corrected chi connectivity index (χ1v) is 10.6. The van der Waals surface area contributed by atoms with Crippen LogP contribution < -0.4 is 0 Å². The summed E-state index contributed by atoms with van der Waals surface area (Å²) >= 11 is 1.71. The summed E-state index contributed by atoms with van der Waals surface area (Å²) in [4.78, 5) is 17.6. The third-order valence-electron chi connectivity index (χ3n) is 5.38. The van der Waals surface area contributed by atoms with Crippen molar-refractivity contribution in [3.05, 3.63) is 58.6 Å². The second-order valence-electron chi connectivity index (χ2n) is 7.72. The summed E-state index contributed by atoms with van der Waals surface area (Å²) in [5.41, 5.74) is 4.65. The van der Waals surface area contributed by atoms with Crippen LogP contribution in [0.25, 0.3) is 10.2 Å². The minimum absolute atomic E-state index is 0.169. The Morgan fingerprint density at radius 3 is 2.44 bits per heavy atom. The van der Waals surface area contributed by atoms with Gasteiger partial charge in [0.2, 0.25) is 0 Å². The van der Waals surface area contributed by atoms with Crippen molar-refractivity contribution in [2.45, 2.75) is 33.4 Å². The van der Waals surface area contributed by atoms with E-state index in [1.54, 1.807) is 11.3 Å². The fraction of sp³-hybridized carbons (Fsp3) is 0.409. The van der Waals surface area contributed by atoms with Gasteiger partial charge < -0.3 is 9.47 Å². The van der Waals surface area contributed by atoms with Crippen molar-refractivity contribution < 1.29 is 4.79 Å². The maximum Gasteiger partial charge on any atom is 0.270 e.